The van der Waals surface area contributed by atoms with E-state index in [9.17, 15) is 0 Å². The van der Waals surface area contributed by atoms with Gasteiger partial charge in [0.05, 0.1) is 0 Å². The summed E-state index contributed by atoms with van der Waals surface area (Å²) in [4.78, 5) is 10.4. The summed E-state index contributed by atoms with van der Waals surface area (Å²) in [5.41, 5.74) is 11.3. The Bertz CT molecular complexity index is 311. The zero-order chi connectivity index (χ0) is 12.7. The van der Waals surface area contributed by atoms with Gasteiger partial charge in [-0.3, -0.25) is 0 Å². The van der Waals surface area contributed by atoms with Crippen LogP contribution in [0.5, 0.6) is 0 Å². The molecule has 0 saturated heterocycles. The highest BCUT2D eigenvalue weighted by molar-refractivity contribution is 5.50. The SMILES string of the molecule is CCCCN(CCCC)c1cc(N)nc(N)n1. The molecule has 0 aliphatic heterocycles. The second-order valence-electron chi connectivity index (χ2n) is 4.20. The maximum atomic E-state index is 5.70. The highest BCUT2D eigenvalue weighted by atomic mass is 15.2. The minimum absolute atomic E-state index is 0.248. The number of nitrogens with zero attached hydrogens (tertiary/aromatic N) is 3. The van der Waals surface area contributed by atoms with Crippen molar-refractivity contribution in [3.05, 3.63) is 6.07 Å². The van der Waals surface area contributed by atoms with Crippen LogP contribution in [0.1, 0.15) is 39.5 Å². The van der Waals surface area contributed by atoms with Crippen molar-refractivity contribution in [2.24, 2.45) is 0 Å². The molecule has 0 unspecified atom stereocenters. The van der Waals surface area contributed by atoms with Crippen molar-refractivity contribution in [3.8, 4) is 0 Å². The van der Waals surface area contributed by atoms with Gasteiger partial charge < -0.3 is 16.4 Å². The number of anilines is 3. The van der Waals surface area contributed by atoms with E-state index in [1.807, 2.05) is 0 Å². The van der Waals surface area contributed by atoms with Gasteiger partial charge in [0.25, 0.3) is 0 Å². The lowest BCUT2D eigenvalue weighted by molar-refractivity contribution is 0.671. The molecule has 5 nitrogen and oxygen atoms in total. The Kier molecular flexibility index (Phi) is 5.52. The molecule has 0 radical (unpaired) electrons. The Balaban J connectivity index is 2.78. The van der Waals surface area contributed by atoms with Crippen LogP contribution in [-0.2, 0) is 0 Å². The monoisotopic (exact) mass is 237 g/mol. The van der Waals surface area contributed by atoms with Gasteiger partial charge in [-0.05, 0) is 12.8 Å². The van der Waals surface area contributed by atoms with Crippen molar-refractivity contribution in [3.63, 3.8) is 0 Å². The number of rotatable bonds is 7. The second-order valence-corrected chi connectivity index (χ2v) is 4.20. The first-order chi connectivity index (χ1) is 8.17. The van der Waals surface area contributed by atoms with E-state index in [2.05, 4.69) is 28.7 Å². The van der Waals surface area contributed by atoms with Crippen LogP contribution in [0, 0.1) is 0 Å². The van der Waals surface area contributed by atoms with Crippen LogP contribution in [0.4, 0.5) is 17.6 Å². The van der Waals surface area contributed by atoms with Gasteiger partial charge >= 0.3 is 0 Å². The summed E-state index contributed by atoms with van der Waals surface area (Å²) in [7, 11) is 0. The van der Waals surface area contributed by atoms with Gasteiger partial charge in [0.1, 0.15) is 11.6 Å². The van der Waals surface area contributed by atoms with Gasteiger partial charge in [-0.15, -0.1) is 0 Å². The summed E-state index contributed by atoms with van der Waals surface area (Å²) in [6, 6.07) is 1.79. The molecule has 1 aromatic rings. The molecular weight excluding hydrogens is 214 g/mol. The quantitative estimate of drug-likeness (QED) is 0.758. The van der Waals surface area contributed by atoms with E-state index in [-0.39, 0.29) is 5.95 Å². The minimum atomic E-state index is 0.248. The summed E-state index contributed by atoms with van der Waals surface area (Å²) < 4.78 is 0. The van der Waals surface area contributed by atoms with Crippen molar-refractivity contribution in [2.75, 3.05) is 29.5 Å². The fourth-order valence-corrected chi connectivity index (χ4v) is 1.67. The van der Waals surface area contributed by atoms with Crippen LogP contribution in [-0.4, -0.2) is 23.1 Å². The van der Waals surface area contributed by atoms with Gasteiger partial charge in [-0.1, -0.05) is 26.7 Å². The Morgan fingerprint density at radius 1 is 1.06 bits per heavy atom. The molecule has 0 aromatic carbocycles. The number of unbranched alkanes of at least 4 members (excludes halogenated alkanes) is 2. The van der Waals surface area contributed by atoms with E-state index in [0.29, 0.717) is 5.82 Å². The molecule has 5 heteroatoms. The van der Waals surface area contributed by atoms with Gasteiger partial charge in [0.15, 0.2) is 0 Å². The lowest BCUT2D eigenvalue weighted by atomic mass is 10.2. The maximum absolute atomic E-state index is 5.70. The molecule has 0 aliphatic carbocycles. The smallest absolute Gasteiger partial charge is 0.223 e. The standard InChI is InChI=1S/C12H23N5/c1-3-5-7-17(8-6-4-2)11-9-10(13)15-12(14)16-11/h9H,3-8H2,1-2H3,(H4,13,14,15,16). The molecule has 0 bridgehead atoms. The molecule has 0 saturated carbocycles. The molecule has 1 aromatic heterocycles. The van der Waals surface area contributed by atoms with E-state index in [0.717, 1.165) is 31.7 Å². The lowest BCUT2D eigenvalue weighted by Gasteiger charge is -2.23. The number of nitrogen functional groups attached to an aromatic ring is 2. The van der Waals surface area contributed by atoms with Crippen molar-refractivity contribution >= 4 is 17.6 Å². The Labute approximate surface area is 103 Å². The molecule has 96 valence electrons. The lowest BCUT2D eigenvalue weighted by Crippen LogP contribution is -2.27. The molecule has 0 fully saturated rings. The highest BCUT2D eigenvalue weighted by Crippen LogP contribution is 2.16. The molecule has 0 spiro atoms. The van der Waals surface area contributed by atoms with Crippen LogP contribution >= 0.6 is 0 Å². The van der Waals surface area contributed by atoms with E-state index in [1.165, 1.54) is 12.8 Å². The molecule has 1 heterocycles. The van der Waals surface area contributed by atoms with Gasteiger partial charge in [0, 0.05) is 19.2 Å². The van der Waals surface area contributed by atoms with Crippen molar-refractivity contribution in [2.45, 2.75) is 39.5 Å². The number of aromatic nitrogens is 2. The van der Waals surface area contributed by atoms with E-state index < -0.39 is 0 Å². The number of nitrogens with two attached hydrogens (primary N) is 2. The first kappa shape index (κ1) is 13.5. The topological polar surface area (TPSA) is 81.1 Å². The molecule has 17 heavy (non-hydrogen) atoms. The first-order valence-corrected chi connectivity index (χ1v) is 6.32. The third-order valence-electron chi connectivity index (χ3n) is 2.64. The molecule has 0 aliphatic rings. The van der Waals surface area contributed by atoms with Gasteiger partial charge in [-0.25, -0.2) is 0 Å². The van der Waals surface area contributed by atoms with E-state index in [1.54, 1.807) is 6.07 Å². The van der Waals surface area contributed by atoms with Crippen LogP contribution in [0.15, 0.2) is 6.07 Å². The normalized spacial score (nSPS) is 10.5. The summed E-state index contributed by atoms with van der Waals surface area (Å²) in [5, 5.41) is 0. The largest absolute Gasteiger partial charge is 0.383 e. The highest BCUT2D eigenvalue weighted by Gasteiger charge is 2.09. The van der Waals surface area contributed by atoms with Crippen molar-refractivity contribution < 1.29 is 0 Å². The maximum Gasteiger partial charge on any atom is 0.223 e. The molecule has 4 N–H and O–H groups in total. The zero-order valence-electron chi connectivity index (χ0n) is 10.8. The van der Waals surface area contributed by atoms with Gasteiger partial charge in [0.2, 0.25) is 5.95 Å². The van der Waals surface area contributed by atoms with Crippen molar-refractivity contribution in [1.82, 2.24) is 9.97 Å². The predicted molar refractivity (Wildman–Crippen MR) is 72.9 cm³/mol. The summed E-state index contributed by atoms with van der Waals surface area (Å²) in [5.74, 6) is 1.53. The molecule has 0 amide bonds. The fraction of sp³-hybridized carbons (Fsp3) is 0.667. The van der Waals surface area contributed by atoms with Crippen LogP contribution < -0.4 is 16.4 Å². The third kappa shape index (κ3) is 4.46. The van der Waals surface area contributed by atoms with Crippen molar-refractivity contribution in [1.29, 1.82) is 0 Å². The summed E-state index contributed by atoms with van der Waals surface area (Å²) in [6.45, 7) is 6.35. The Morgan fingerprint density at radius 3 is 2.12 bits per heavy atom. The van der Waals surface area contributed by atoms with E-state index >= 15 is 0 Å². The van der Waals surface area contributed by atoms with Crippen LogP contribution in [0.2, 0.25) is 0 Å². The van der Waals surface area contributed by atoms with Crippen LogP contribution in [0.3, 0.4) is 0 Å². The zero-order valence-corrected chi connectivity index (χ0v) is 10.8. The Morgan fingerprint density at radius 2 is 1.65 bits per heavy atom. The third-order valence-corrected chi connectivity index (χ3v) is 2.64. The molecule has 1 rings (SSSR count). The number of hydrogen-bond donors (Lipinski definition) is 2. The average molecular weight is 237 g/mol. The van der Waals surface area contributed by atoms with Crippen LogP contribution in [0.25, 0.3) is 0 Å². The Hall–Kier alpha value is -1.52. The average Bonchev–Trinajstić information content (AvgIpc) is 2.28. The molecule has 0 atom stereocenters. The minimum Gasteiger partial charge on any atom is -0.383 e. The number of hydrogen-bond acceptors (Lipinski definition) is 5. The second kappa shape index (κ2) is 6.93. The summed E-state index contributed by atoms with van der Waals surface area (Å²) in [6.07, 6.45) is 4.62. The van der Waals surface area contributed by atoms with Gasteiger partial charge in [-0.2, -0.15) is 9.97 Å². The first-order valence-electron chi connectivity index (χ1n) is 6.32. The predicted octanol–water partition coefficient (Wildman–Crippen LogP) is 2.05. The van der Waals surface area contributed by atoms with E-state index in [4.69, 9.17) is 11.5 Å². The fourth-order valence-electron chi connectivity index (χ4n) is 1.67. The molecular formula is C12H23N5. The summed E-state index contributed by atoms with van der Waals surface area (Å²) >= 11 is 0.